The van der Waals surface area contributed by atoms with Crippen LogP contribution in [0.5, 0.6) is 0 Å². The molecule has 0 aliphatic heterocycles. The number of amides is 1. The first-order chi connectivity index (χ1) is 8.24. The highest BCUT2D eigenvalue weighted by molar-refractivity contribution is 5.79. The lowest BCUT2D eigenvalue weighted by molar-refractivity contribution is -0.138. The number of nitriles is 1. The summed E-state index contributed by atoms with van der Waals surface area (Å²) in [5.41, 5.74) is 0. The van der Waals surface area contributed by atoms with E-state index < -0.39 is 0 Å². The van der Waals surface area contributed by atoms with E-state index in [-0.39, 0.29) is 11.8 Å². The second-order valence-electron chi connectivity index (χ2n) is 4.89. The maximum absolute atomic E-state index is 12.4. The number of rotatable bonds is 6. The van der Waals surface area contributed by atoms with Crippen LogP contribution in [0.2, 0.25) is 0 Å². The van der Waals surface area contributed by atoms with Gasteiger partial charge in [0.05, 0.1) is 12.5 Å². The predicted octanol–water partition coefficient (Wildman–Crippen LogP) is 3.11. The summed E-state index contributed by atoms with van der Waals surface area (Å²) in [4.78, 5) is 14.4. The summed E-state index contributed by atoms with van der Waals surface area (Å²) in [7, 11) is 0. The molecule has 0 saturated heterocycles. The molecule has 0 radical (unpaired) electrons. The number of nitrogens with zero attached hydrogens (tertiary/aromatic N) is 2. The van der Waals surface area contributed by atoms with E-state index in [1.807, 2.05) is 4.90 Å². The quantitative estimate of drug-likeness (QED) is 0.711. The van der Waals surface area contributed by atoms with Gasteiger partial charge in [-0.15, -0.1) is 0 Å². The molecule has 1 aliphatic carbocycles. The predicted molar refractivity (Wildman–Crippen MR) is 68.3 cm³/mol. The molecular formula is C14H24N2O. The van der Waals surface area contributed by atoms with Crippen molar-refractivity contribution in [3.05, 3.63) is 0 Å². The van der Waals surface area contributed by atoms with Crippen molar-refractivity contribution in [3.8, 4) is 6.07 Å². The average molecular weight is 236 g/mol. The van der Waals surface area contributed by atoms with E-state index in [1.165, 1.54) is 12.8 Å². The van der Waals surface area contributed by atoms with Crippen LogP contribution in [-0.2, 0) is 4.79 Å². The van der Waals surface area contributed by atoms with Crippen LogP contribution >= 0.6 is 0 Å². The zero-order valence-corrected chi connectivity index (χ0v) is 11.1. The van der Waals surface area contributed by atoms with Gasteiger partial charge in [-0.05, 0) is 25.7 Å². The van der Waals surface area contributed by atoms with Gasteiger partial charge in [0.25, 0.3) is 0 Å². The maximum atomic E-state index is 12.4. The van der Waals surface area contributed by atoms with E-state index in [9.17, 15) is 4.79 Å². The smallest absolute Gasteiger partial charge is 0.225 e. The Balaban J connectivity index is 2.67. The normalized spacial score (nSPS) is 16.1. The Bertz CT molecular complexity index is 272. The Hall–Kier alpha value is -1.04. The molecule has 0 aromatic rings. The molecule has 17 heavy (non-hydrogen) atoms. The van der Waals surface area contributed by atoms with Crippen LogP contribution < -0.4 is 0 Å². The van der Waals surface area contributed by atoms with Crippen molar-refractivity contribution < 1.29 is 4.79 Å². The minimum atomic E-state index is 0.147. The second-order valence-corrected chi connectivity index (χ2v) is 4.89. The minimum absolute atomic E-state index is 0.147. The lowest BCUT2D eigenvalue weighted by Crippen LogP contribution is -2.42. The molecule has 0 aromatic heterocycles. The van der Waals surface area contributed by atoms with Crippen molar-refractivity contribution >= 4 is 5.91 Å². The summed E-state index contributed by atoms with van der Waals surface area (Å²) in [6, 6.07) is 2.56. The molecular weight excluding hydrogens is 212 g/mol. The molecule has 0 heterocycles. The van der Waals surface area contributed by atoms with Crippen molar-refractivity contribution in [2.45, 2.75) is 64.8 Å². The highest BCUT2D eigenvalue weighted by atomic mass is 16.2. The zero-order chi connectivity index (χ0) is 12.7. The second kappa shape index (κ2) is 7.32. The van der Waals surface area contributed by atoms with Crippen LogP contribution in [0, 0.1) is 17.2 Å². The minimum Gasteiger partial charge on any atom is -0.338 e. The molecule has 0 aromatic carbocycles. The molecule has 3 nitrogen and oxygen atoms in total. The largest absolute Gasteiger partial charge is 0.338 e. The number of hydrogen-bond donors (Lipinski definition) is 0. The van der Waals surface area contributed by atoms with Crippen LogP contribution in [0.4, 0.5) is 0 Å². The number of carbonyl (C=O) groups is 1. The summed E-state index contributed by atoms with van der Waals surface area (Å²) in [5.74, 6) is 0.423. The Morgan fingerprint density at radius 3 is 2.41 bits per heavy atom. The Morgan fingerprint density at radius 1 is 1.35 bits per heavy atom. The van der Waals surface area contributed by atoms with Gasteiger partial charge in [0.1, 0.15) is 0 Å². The fourth-order valence-electron chi connectivity index (χ4n) is 2.73. The lowest BCUT2D eigenvalue weighted by atomic mass is 10.00. The van der Waals surface area contributed by atoms with E-state index >= 15 is 0 Å². The van der Waals surface area contributed by atoms with E-state index in [0.717, 1.165) is 25.7 Å². The summed E-state index contributed by atoms with van der Waals surface area (Å²) in [6.07, 6.45) is 6.97. The van der Waals surface area contributed by atoms with Gasteiger partial charge in [-0.2, -0.15) is 5.26 Å². The fourth-order valence-corrected chi connectivity index (χ4v) is 2.73. The van der Waals surface area contributed by atoms with Gasteiger partial charge in [0, 0.05) is 18.5 Å². The van der Waals surface area contributed by atoms with Gasteiger partial charge in [0.2, 0.25) is 5.91 Å². The SMILES string of the molecule is CCC(CC)C(=O)N(CCC#N)C1CCCC1. The Morgan fingerprint density at radius 2 is 1.94 bits per heavy atom. The molecule has 1 aliphatic rings. The van der Waals surface area contributed by atoms with Crippen molar-refractivity contribution in [3.63, 3.8) is 0 Å². The van der Waals surface area contributed by atoms with Crippen molar-refractivity contribution in [2.75, 3.05) is 6.54 Å². The average Bonchev–Trinajstić information content (AvgIpc) is 2.85. The van der Waals surface area contributed by atoms with Gasteiger partial charge >= 0.3 is 0 Å². The summed E-state index contributed by atoms with van der Waals surface area (Å²) in [6.45, 7) is 4.77. The Labute approximate surface area is 105 Å². The standard InChI is InChI=1S/C14H24N2O/c1-3-12(4-2)14(17)16(11-7-10-15)13-8-5-6-9-13/h12-13H,3-9,11H2,1-2H3. The van der Waals surface area contributed by atoms with Gasteiger partial charge < -0.3 is 4.90 Å². The number of carbonyl (C=O) groups excluding carboxylic acids is 1. The third-order valence-corrected chi connectivity index (χ3v) is 3.85. The molecule has 0 N–H and O–H groups in total. The molecule has 1 saturated carbocycles. The van der Waals surface area contributed by atoms with E-state index in [2.05, 4.69) is 19.9 Å². The van der Waals surface area contributed by atoms with Crippen LogP contribution in [0.25, 0.3) is 0 Å². The highest BCUT2D eigenvalue weighted by Gasteiger charge is 2.29. The maximum Gasteiger partial charge on any atom is 0.225 e. The summed E-state index contributed by atoms with van der Waals surface area (Å²) >= 11 is 0. The molecule has 0 spiro atoms. The van der Waals surface area contributed by atoms with Crippen molar-refractivity contribution in [2.24, 2.45) is 5.92 Å². The van der Waals surface area contributed by atoms with Gasteiger partial charge in [0.15, 0.2) is 0 Å². The van der Waals surface area contributed by atoms with E-state index in [4.69, 9.17) is 5.26 Å². The molecule has 0 bridgehead atoms. The molecule has 3 heteroatoms. The highest BCUT2D eigenvalue weighted by Crippen LogP contribution is 2.26. The molecule has 1 rings (SSSR count). The third kappa shape index (κ3) is 3.73. The van der Waals surface area contributed by atoms with Crippen LogP contribution in [0.3, 0.4) is 0 Å². The first-order valence-electron chi connectivity index (χ1n) is 6.92. The number of hydrogen-bond acceptors (Lipinski definition) is 2. The molecule has 1 fully saturated rings. The van der Waals surface area contributed by atoms with Gasteiger partial charge in [-0.3, -0.25) is 4.79 Å². The molecule has 0 atom stereocenters. The summed E-state index contributed by atoms with van der Waals surface area (Å²) < 4.78 is 0. The molecule has 96 valence electrons. The first-order valence-corrected chi connectivity index (χ1v) is 6.92. The Kier molecular flexibility index (Phi) is 6.04. The third-order valence-electron chi connectivity index (χ3n) is 3.85. The topological polar surface area (TPSA) is 44.1 Å². The monoisotopic (exact) mass is 236 g/mol. The summed E-state index contributed by atoms with van der Waals surface area (Å²) in [5, 5.41) is 8.70. The van der Waals surface area contributed by atoms with E-state index in [0.29, 0.717) is 19.0 Å². The first kappa shape index (κ1) is 14.0. The van der Waals surface area contributed by atoms with Gasteiger partial charge in [-0.1, -0.05) is 26.7 Å². The zero-order valence-electron chi connectivity index (χ0n) is 11.1. The van der Waals surface area contributed by atoms with Crippen molar-refractivity contribution in [1.29, 1.82) is 5.26 Å². The van der Waals surface area contributed by atoms with Crippen LogP contribution in [0.1, 0.15) is 58.8 Å². The van der Waals surface area contributed by atoms with Gasteiger partial charge in [-0.25, -0.2) is 0 Å². The van der Waals surface area contributed by atoms with Crippen molar-refractivity contribution in [1.82, 2.24) is 4.90 Å². The lowest BCUT2D eigenvalue weighted by Gasteiger charge is -2.31. The van der Waals surface area contributed by atoms with Crippen LogP contribution in [0.15, 0.2) is 0 Å². The van der Waals surface area contributed by atoms with E-state index in [1.54, 1.807) is 0 Å². The molecule has 1 amide bonds. The van der Waals surface area contributed by atoms with Crippen LogP contribution in [-0.4, -0.2) is 23.4 Å². The fraction of sp³-hybridized carbons (Fsp3) is 0.857. The molecule has 0 unspecified atom stereocenters.